The van der Waals surface area contributed by atoms with Crippen molar-refractivity contribution in [2.75, 3.05) is 12.0 Å². The molecule has 1 N–H and O–H groups in total. The van der Waals surface area contributed by atoms with Crippen LogP contribution < -0.4 is 0 Å². The van der Waals surface area contributed by atoms with Crippen molar-refractivity contribution in [3.63, 3.8) is 0 Å². The van der Waals surface area contributed by atoms with E-state index >= 15 is 0 Å². The van der Waals surface area contributed by atoms with Crippen molar-refractivity contribution in [3.05, 3.63) is 46.2 Å². The highest BCUT2D eigenvalue weighted by Crippen LogP contribution is 2.27. The minimum absolute atomic E-state index is 0.0422. The second-order valence-corrected chi connectivity index (χ2v) is 6.72. The quantitative estimate of drug-likeness (QED) is 0.855. The number of carboxylic acid groups (broad SMARTS) is 1. The van der Waals surface area contributed by atoms with Gasteiger partial charge in [0.05, 0.1) is 17.1 Å². The third-order valence-electron chi connectivity index (χ3n) is 3.35. The summed E-state index contributed by atoms with van der Waals surface area (Å²) in [5.41, 5.74) is 2.45. The molecule has 0 radical (unpaired) electrons. The summed E-state index contributed by atoms with van der Waals surface area (Å²) in [5.74, 6) is -0.0432. The van der Waals surface area contributed by atoms with Crippen molar-refractivity contribution >= 4 is 29.3 Å². The summed E-state index contributed by atoms with van der Waals surface area (Å²) < 4.78 is 1.72. The Morgan fingerprint density at radius 1 is 1.45 bits per heavy atom. The summed E-state index contributed by atoms with van der Waals surface area (Å²) in [7, 11) is 0. The number of hydrogen-bond acceptors (Lipinski definition) is 3. The maximum atomic E-state index is 11.7. The zero-order chi connectivity index (χ0) is 16.3. The molecule has 118 valence electrons. The predicted molar refractivity (Wildman–Crippen MR) is 91.7 cm³/mol. The number of nitrogens with zero attached hydrogens (tertiary/aromatic N) is 2. The summed E-state index contributed by atoms with van der Waals surface area (Å²) in [6.45, 7) is 3.95. The molecular formula is C16H19ClN2O2S. The van der Waals surface area contributed by atoms with E-state index in [1.165, 1.54) is 0 Å². The van der Waals surface area contributed by atoms with Gasteiger partial charge in [-0.05, 0) is 36.1 Å². The van der Waals surface area contributed by atoms with Crippen molar-refractivity contribution < 1.29 is 9.90 Å². The summed E-state index contributed by atoms with van der Waals surface area (Å²) in [6, 6.07) is 7.31. The number of thioether (sulfide) groups is 1. The molecule has 4 nitrogen and oxygen atoms in total. The van der Waals surface area contributed by atoms with Crippen LogP contribution >= 0.6 is 23.4 Å². The van der Waals surface area contributed by atoms with Crippen LogP contribution in [0.2, 0.25) is 5.02 Å². The second-order valence-electron chi connectivity index (χ2n) is 5.30. The van der Waals surface area contributed by atoms with Gasteiger partial charge in [-0.25, -0.2) is 9.48 Å². The molecule has 0 aliphatic carbocycles. The van der Waals surface area contributed by atoms with E-state index in [9.17, 15) is 9.90 Å². The molecule has 0 amide bonds. The Labute approximate surface area is 139 Å². The van der Waals surface area contributed by atoms with Crippen molar-refractivity contribution in [1.82, 2.24) is 9.78 Å². The molecule has 0 spiro atoms. The molecule has 1 heterocycles. The highest BCUT2D eigenvalue weighted by molar-refractivity contribution is 7.98. The molecule has 0 bridgehead atoms. The zero-order valence-corrected chi connectivity index (χ0v) is 14.4. The fraction of sp³-hybridized carbons (Fsp3) is 0.375. The van der Waals surface area contributed by atoms with Crippen molar-refractivity contribution in [2.45, 2.75) is 26.2 Å². The molecule has 2 aromatic rings. The van der Waals surface area contributed by atoms with Gasteiger partial charge in [-0.3, -0.25) is 0 Å². The fourth-order valence-corrected chi connectivity index (χ4v) is 3.00. The summed E-state index contributed by atoms with van der Waals surface area (Å²) in [5, 5.41) is 14.8. The van der Waals surface area contributed by atoms with Crippen molar-refractivity contribution in [3.8, 4) is 5.69 Å². The van der Waals surface area contributed by atoms with Gasteiger partial charge in [-0.2, -0.15) is 16.9 Å². The monoisotopic (exact) mass is 338 g/mol. The SMILES string of the molecule is CSCCc1nn(-c2cccc(Cl)c2)c(C(C)C)c1C(=O)O. The first-order valence-electron chi connectivity index (χ1n) is 7.05. The summed E-state index contributed by atoms with van der Waals surface area (Å²) in [6.07, 6.45) is 2.63. The van der Waals surface area contributed by atoms with Crippen LogP contribution in [-0.2, 0) is 6.42 Å². The highest BCUT2D eigenvalue weighted by atomic mass is 35.5. The van der Waals surface area contributed by atoms with Crippen molar-refractivity contribution in [1.29, 1.82) is 0 Å². The zero-order valence-electron chi connectivity index (χ0n) is 12.8. The van der Waals surface area contributed by atoms with Gasteiger partial charge in [0.25, 0.3) is 0 Å². The van der Waals surface area contributed by atoms with E-state index in [2.05, 4.69) is 5.10 Å². The van der Waals surface area contributed by atoms with E-state index in [0.717, 1.165) is 11.4 Å². The smallest absolute Gasteiger partial charge is 0.339 e. The first kappa shape index (κ1) is 16.9. The minimum Gasteiger partial charge on any atom is -0.478 e. The molecule has 0 aliphatic heterocycles. The lowest BCUT2D eigenvalue weighted by Crippen LogP contribution is -2.08. The van der Waals surface area contributed by atoms with E-state index in [1.54, 1.807) is 28.6 Å². The molecule has 0 saturated heterocycles. The Bertz CT molecular complexity index is 683. The van der Waals surface area contributed by atoms with Crippen LogP contribution in [0.4, 0.5) is 0 Å². The van der Waals surface area contributed by atoms with E-state index < -0.39 is 5.97 Å². The number of aromatic nitrogens is 2. The number of rotatable bonds is 6. The van der Waals surface area contributed by atoms with Gasteiger partial charge in [0.1, 0.15) is 5.56 Å². The van der Waals surface area contributed by atoms with Crippen LogP contribution in [0.15, 0.2) is 24.3 Å². The van der Waals surface area contributed by atoms with Crippen LogP contribution in [0, 0.1) is 0 Å². The van der Waals surface area contributed by atoms with Crippen LogP contribution in [0.1, 0.15) is 41.5 Å². The molecule has 0 unspecified atom stereocenters. The average molecular weight is 339 g/mol. The molecule has 2 rings (SSSR count). The average Bonchev–Trinajstić information content (AvgIpc) is 2.85. The van der Waals surface area contributed by atoms with Gasteiger partial charge in [-0.15, -0.1) is 0 Å². The molecular weight excluding hydrogens is 320 g/mol. The third-order valence-corrected chi connectivity index (χ3v) is 4.20. The van der Waals surface area contributed by atoms with Gasteiger partial charge in [0.15, 0.2) is 0 Å². The lowest BCUT2D eigenvalue weighted by molar-refractivity contribution is 0.0694. The van der Waals surface area contributed by atoms with E-state index in [-0.39, 0.29) is 5.92 Å². The van der Waals surface area contributed by atoms with Crippen LogP contribution in [0.25, 0.3) is 5.69 Å². The van der Waals surface area contributed by atoms with Crippen LogP contribution in [0.3, 0.4) is 0 Å². The molecule has 0 saturated carbocycles. The van der Waals surface area contributed by atoms with Gasteiger partial charge in [0.2, 0.25) is 0 Å². The maximum absolute atomic E-state index is 11.7. The van der Waals surface area contributed by atoms with Crippen molar-refractivity contribution in [2.24, 2.45) is 0 Å². The Morgan fingerprint density at radius 3 is 2.73 bits per heavy atom. The molecule has 0 atom stereocenters. The number of halogens is 1. The Kier molecular flexibility index (Phi) is 5.53. The normalized spacial score (nSPS) is 11.1. The maximum Gasteiger partial charge on any atom is 0.339 e. The number of aromatic carboxylic acids is 1. The Morgan fingerprint density at radius 2 is 2.18 bits per heavy atom. The number of carboxylic acids is 1. The van der Waals surface area contributed by atoms with E-state index in [4.69, 9.17) is 11.6 Å². The molecule has 0 fully saturated rings. The fourth-order valence-electron chi connectivity index (χ4n) is 2.42. The topological polar surface area (TPSA) is 55.1 Å². The molecule has 1 aromatic heterocycles. The minimum atomic E-state index is -0.923. The summed E-state index contributed by atoms with van der Waals surface area (Å²) in [4.78, 5) is 11.7. The number of carbonyl (C=O) groups is 1. The highest BCUT2D eigenvalue weighted by Gasteiger charge is 2.25. The summed E-state index contributed by atoms with van der Waals surface area (Å²) >= 11 is 7.73. The third kappa shape index (κ3) is 3.47. The van der Waals surface area contributed by atoms with Crippen LogP contribution in [-0.4, -0.2) is 32.9 Å². The predicted octanol–water partition coefficient (Wildman–Crippen LogP) is 4.25. The van der Waals surface area contributed by atoms with Gasteiger partial charge < -0.3 is 5.11 Å². The molecule has 6 heteroatoms. The number of benzene rings is 1. The first-order valence-corrected chi connectivity index (χ1v) is 8.82. The van der Waals surface area contributed by atoms with Gasteiger partial charge >= 0.3 is 5.97 Å². The standard InChI is InChI=1S/C16H19ClN2O2S/c1-10(2)15-14(16(20)21)13(7-8-22-3)18-19(15)12-6-4-5-11(17)9-12/h4-6,9-10H,7-8H2,1-3H3,(H,20,21). The number of hydrogen-bond donors (Lipinski definition) is 1. The van der Waals surface area contributed by atoms with Crippen LogP contribution in [0.5, 0.6) is 0 Å². The van der Waals surface area contributed by atoms with E-state index in [0.29, 0.717) is 28.4 Å². The largest absolute Gasteiger partial charge is 0.478 e. The lowest BCUT2D eigenvalue weighted by Gasteiger charge is -2.11. The molecule has 1 aromatic carbocycles. The lowest BCUT2D eigenvalue weighted by atomic mass is 10.0. The second kappa shape index (κ2) is 7.20. The molecule has 0 aliphatic rings. The van der Waals surface area contributed by atoms with E-state index in [1.807, 2.05) is 32.2 Å². The first-order chi connectivity index (χ1) is 10.5. The van der Waals surface area contributed by atoms with Gasteiger partial charge in [-0.1, -0.05) is 31.5 Å². The van der Waals surface area contributed by atoms with Gasteiger partial charge in [0, 0.05) is 11.4 Å². The molecule has 22 heavy (non-hydrogen) atoms. The Balaban J connectivity index is 2.64. The number of aryl methyl sites for hydroxylation is 1. The Hall–Kier alpha value is -1.46.